The van der Waals surface area contributed by atoms with E-state index in [0.29, 0.717) is 24.9 Å². The monoisotopic (exact) mass is 276 g/mol. The quantitative estimate of drug-likeness (QED) is 0.745. The van der Waals surface area contributed by atoms with E-state index >= 15 is 0 Å². The molecule has 106 valence electrons. The van der Waals surface area contributed by atoms with E-state index in [2.05, 4.69) is 10.6 Å². The lowest BCUT2D eigenvalue weighted by Gasteiger charge is -2.11. The minimum absolute atomic E-state index is 0.0517. The summed E-state index contributed by atoms with van der Waals surface area (Å²) in [6.45, 7) is 0. The normalized spacial score (nSPS) is 17.6. The van der Waals surface area contributed by atoms with Crippen LogP contribution < -0.4 is 10.6 Å². The fraction of sp³-hybridized carbons (Fsp3) is 0.357. The Labute approximate surface area is 116 Å². The van der Waals surface area contributed by atoms with E-state index in [4.69, 9.17) is 5.11 Å². The molecule has 1 heterocycles. The van der Waals surface area contributed by atoms with E-state index in [1.807, 2.05) is 6.07 Å². The topological polar surface area (TPSA) is 95.5 Å². The minimum Gasteiger partial charge on any atom is -0.481 e. The summed E-state index contributed by atoms with van der Waals surface area (Å²) in [5.41, 5.74) is 1.46. The fourth-order valence-corrected chi connectivity index (χ4v) is 2.10. The third kappa shape index (κ3) is 3.81. The number of carbonyl (C=O) groups is 3. The molecule has 1 aromatic rings. The average molecular weight is 276 g/mol. The molecule has 1 saturated heterocycles. The van der Waals surface area contributed by atoms with Gasteiger partial charge in [0.1, 0.15) is 6.04 Å². The highest BCUT2D eigenvalue weighted by Crippen LogP contribution is 2.14. The molecule has 0 aromatic heterocycles. The second-order valence-electron chi connectivity index (χ2n) is 4.74. The molecule has 1 aliphatic rings. The minimum atomic E-state index is -0.854. The van der Waals surface area contributed by atoms with Crippen molar-refractivity contribution in [3.8, 4) is 0 Å². The predicted octanol–water partition coefficient (Wildman–Crippen LogP) is 0.921. The van der Waals surface area contributed by atoms with Crippen LogP contribution in [-0.2, 0) is 20.8 Å². The van der Waals surface area contributed by atoms with E-state index in [1.165, 1.54) is 0 Å². The summed E-state index contributed by atoms with van der Waals surface area (Å²) in [6, 6.07) is 6.58. The highest BCUT2D eigenvalue weighted by atomic mass is 16.4. The first-order valence-electron chi connectivity index (χ1n) is 6.45. The van der Waals surface area contributed by atoms with Gasteiger partial charge in [-0.25, -0.2) is 0 Å². The van der Waals surface area contributed by atoms with Gasteiger partial charge in [-0.2, -0.15) is 0 Å². The van der Waals surface area contributed by atoms with Gasteiger partial charge in [0.05, 0.1) is 0 Å². The Kier molecular flexibility index (Phi) is 4.34. The number of carboxylic acids is 1. The van der Waals surface area contributed by atoms with Crippen molar-refractivity contribution in [2.45, 2.75) is 31.7 Å². The molecular weight excluding hydrogens is 260 g/mol. The maximum Gasteiger partial charge on any atom is 0.303 e. The van der Waals surface area contributed by atoms with E-state index in [-0.39, 0.29) is 18.2 Å². The molecule has 3 N–H and O–H groups in total. The van der Waals surface area contributed by atoms with Crippen molar-refractivity contribution in [3.05, 3.63) is 29.8 Å². The summed E-state index contributed by atoms with van der Waals surface area (Å²) < 4.78 is 0. The van der Waals surface area contributed by atoms with E-state index in [9.17, 15) is 14.4 Å². The van der Waals surface area contributed by atoms with Crippen LogP contribution >= 0.6 is 0 Å². The number of anilines is 1. The SMILES string of the molecule is O=C(O)CCc1cccc(NC(=O)[C@@H]2CCC(=O)N2)c1. The summed E-state index contributed by atoms with van der Waals surface area (Å²) in [7, 11) is 0. The molecule has 0 unspecified atom stereocenters. The van der Waals surface area contributed by atoms with Crippen LogP contribution in [0.15, 0.2) is 24.3 Å². The molecule has 0 radical (unpaired) electrons. The van der Waals surface area contributed by atoms with E-state index in [1.54, 1.807) is 18.2 Å². The zero-order valence-electron chi connectivity index (χ0n) is 10.9. The molecule has 2 amide bonds. The van der Waals surface area contributed by atoms with Gasteiger partial charge in [0.2, 0.25) is 11.8 Å². The van der Waals surface area contributed by atoms with Crippen LogP contribution in [0, 0.1) is 0 Å². The Morgan fingerprint density at radius 3 is 2.85 bits per heavy atom. The molecule has 0 saturated carbocycles. The van der Waals surface area contributed by atoms with E-state index in [0.717, 1.165) is 5.56 Å². The van der Waals surface area contributed by atoms with Gasteiger partial charge in [-0.3, -0.25) is 14.4 Å². The predicted molar refractivity (Wildman–Crippen MR) is 72.2 cm³/mol. The Bertz CT molecular complexity index is 542. The molecule has 2 rings (SSSR count). The smallest absolute Gasteiger partial charge is 0.303 e. The van der Waals surface area contributed by atoms with E-state index < -0.39 is 12.0 Å². The largest absolute Gasteiger partial charge is 0.481 e. The van der Waals surface area contributed by atoms with Crippen LogP contribution in [-0.4, -0.2) is 28.9 Å². The van der Waals surface area contributed by atoms with Gasteiger partial charge in [-0.15, -0.1) is 0 Å². The van der Waals surface area contributed by atoms with Gasteiger partial charge in [0, 0.05) is 18.5 Å². The number of aryl methyl sites for hydroxylation is 1. The van der Waals surface area contributed by atoms with Crippen molar-refractivity contribution in [1.29, 1.82) is 0 Å². The van der Waals surface area contributed by atoms with Crippen LogP contribution in [0.5, 0.6) is 0 Å². The van der Waals surface area contributed by atoms with Crippen molar-refractivity contribution in [2.24, 2.45) is 0 Å². The number of hydrogen-bond donors (Lipinski definition) is 3. The lowest BCUT2D eigenvalue weighted by molar-refractivity contribution is -0.137. The van der Waals surface area contributed by atoms with Crippen molar-refractivity contribution in [1.82, 2.24) is 5.32 Å². The molecule has 1 aliphatic heterocycles. The third-order valence-electron chi connectivity index (χ3n) is 3.13. The van der Waals surface area contributed by atoms with Crippen LogP contribution in [0.2, 0.25) is 0 Å². The molecule has 1 fully saturated rings. The second kappa shape index (κ2) is 6.18. The lowest BCUT2D eigenvalue weighted by atomic mass is 10.1. The highest BCUT2D eigenvalue weighted by Gasteiger charge is 2.27. The van der Waals surface area contributed by atoms with Crippen molar-refractivity contribution < 1.29 is 19.5 Å². The van der Waals surface area contributed by atoms with Gasteiger partial charge in [-0.1, -0.05) is 12.1 Å². The molecule has 20 heavy (non-hydrogen) atoms. The van der Waals surface area contributed by atoms with Gasteiger partial charge in [-0.05, 0) is 30.5 Å². The number of carboxylic acid groups (broad SMARTS) is 1. The van der Waals surface area contributed by atoms with Crippen molar-refractivity contribution in [2.75, 3.05) is 5.32 Å². The summed E-state index contributed by atoms with van der Waals surface area (Å²) in [5, 5.41) is 14.0. The first-order chi connectivity index (χ1) is 9.54. The van der Waals surface area contributed by atoms with Gasteiger partial charge in [0.25, 0.3) is 0 Å². The molecule has 0 aliphatic carbocycles. The van der Waals surface area contributed by atoms with Crippen molar-refractivity contribution >= 4 is 23.5 Å². The van der Waals surface area contributed by atoms with Crippen LogP contribution in [0.25, 0.3) is 0 Å². The Balaban J connectivity index is 1.95. The van der Waals surface area contributed by atoms with Gasteiger partial charge in [0.15, 0.2) is 0 Å². The zero-order valence-corrected chi connectivity index (χ0v) is 10.9. The number of hydrogen-bond acceptors (Lipinski definition) is 3. The Morgan fingerprint density at radius 2 is 2.20 bits per heavy atom. The summed E-state index contributed by atoms with van der Waals surface area (Å²) >= 11 is 0. The number of rotatable bonds is 5. The number of benzene rings is 1. The molecule has 0 spiro atoms. The van der Waals surface area contributed by atoms with Crippen LogP contribution in [0.1, 0.15) is 24.8 Å². The first-order valence-corrected chi connectivity index (χ1v) is 6.45. The van der Waals surface area contributed by atoms with Crippen LogP contribution in [0.3, 0.4) is 0 Å². The molecule has 0 bridgehead atoms. The second-order valence-corrected chi connectivity index (χ2v) is 4.74. The average Bonchev–Trinajstić information content (AvgIpc) is 2.84. The zero-order chi connectivity index (χ0) is 14.5. The summed E-state index contributed by atoms with van der Waals surface area (Å²) in [4.78, 5) is 33.5. The van der Waals surface area contributed by atoms with Gasteiger partial charge < -0.3 is 15.7 Å². The third-order valence-corrected chi connectivity index (χ3v) is 3.13. The molecular formula is C14H16N2O4. The summed E-state index contributed by atoms with van der Waals surface area (Å²) in [6.07, 6.45) is 1.34. The molecule has 1 atom stereocenters. The molecule has 1 aromatic carbocycles. The summed E-state index contributed by atoms with van der Waals surface area (Å²) in [5.74, 6) is -1.21. The highest BCUT2D eigenvalue weighted by molar-refractivity contribution is 5.99. The lowest BCUT2D eigenvalue weighted by Crippen LogP contribution is -2.37. The Morgan fingerprint density at radius 1 is 1.40 bits per heavy atom. The fourth-order valence-electron chi connectivity index (χ4n) is 2.10. The van der Waals surface area contributed by atoms with Gasteiger partial charge >= 0.3 is 5.97 Å². The van der Waals surface area contributed by atoms with Crippen molar-refractivity contribution in [3.63, 3.8) is 0 Å². The number of aliphatic carboxylic acids is 1. The molecule has 6 nitrogen and oxygen atoms in total. The number of carbonyl (C=O) groups excluding carboxylic acids is 2. The maximum atomic E-state index is 11.9. The standard InChI is InChI=1S/C14H16N2O4/c17-12-6-5-11(16-12)14(20)15-10-3-1-2-9(8-10)4-7-13(18)19/h1-3,8,11H,4-7H2,(H,15,20)(H,16,17)(H,18,19)/t11-/m0/s1. The Hall–Kier alpha value is -2.37. The van der Waals surface area contributed by atoms with Crippen LogP contribution in [0.4, 0.5) is 5.69 Å². The molecule has 6 heteroatoms. The number of amides is 2. The maximum absolute atomic E-state index is 11.9. The number of nitrogens with one attached hydrogen (secondary N) is 2. The first kappa shape index (κ1) is 14.0.